The molecule has 0 atom stereocenters. The van der Waals surface area contributed by atoms with Crippen molar-refractivity contribution in [1.82, 2.24) is 9.80 Å². The molecule has 0 bridgehead atoms. The van der Waals surface area contributed by atoms with Gasteiger partial charge in [-0.2, -0.15) is 0 Å². The van der Waals surface area contributed by atoms with Crippen LogP contribution in [-0.2, 0) is 22.4 Å². The van der Waals surface area contributed by atoms with Crippen LogP contribution >= 0.6 is 11.3 Å². The number of piperazine rings is 1. The normalized spacial score (nSPS) is 14.3. The second-order valence-corrected chi connectivity index (χ2v) is 7.69. The largest absolute Gasteiger partial charge is 0.496 e. The summed E-state index contributed by atoms with van der Waals surface area (Å²) in [5.74, 6) is 1.16. The van der Waals surface area contributed by atoms with Crippen molar-refractivity contribution in [3.63, 3.8) is 0 Å². The summed E-state index contributed by atoms with van der Waals surface area (Å²) >= 11 is 1.69. The molecule has 1 aromatic carbocycles. The van der Waals surface area contributed by atoms with Crippen molar-refractivity contribution in [2.45, 2.75) is 25.7 Å². The number of para-hydroxylation sites is 1. The van der Waals surface area contributed by atoms with Crippen molar-refractivity contribution in [2.75, 3.05) is 33.3 Å². The Morgan fingerprint density at radius 2 is 1.56 bits per heavy atom. The van der Waals surface area contributed by atoms with E-state index in [0.29, 0.717) is 45.4 Å². The maximum Gasteiger partial charge on any atom is 0.223 e. The first-order valence-electron chi connectivity index (χ1n) is 9.37. The maximum absolute atomic E-state index is 12.5. The first-order chi connectivity index (χ1) is 13.2. The molecule has 1 saturated heterocycles. The van der Waals surface area contributed by atoms with Crippen molar-refractivity contribution in [1.29, 1.82) is 0 Å². The van der Waals surface area contributed by atoms with Crippen LogP contribution < -0.4 is 4.74 Å². The number of aryl methyl sites for hydroxylation is 2. The van der Waals surface area contributed by atoms with Crippen molar-refractivity contribution in [2.24, 2.45) is 0 Å². The molecule has 2 aromatic rings. The van der Waals surface area contributed by atoms with Gasteiger partial charge in [0.2, 0.25) is 11.8 Å². The van der Waals surface area contributed by atoms with Gasteiger partial charge in [-0.25, -0.2) is 0 Å². The van der Waals surface area contributed by atoms with E-state index in [9.17, 15) is 9.59 Å². The number of amides is 2. The van der Waals surface area contributed by atoms with E-state index < -0.39 is 0 Å². The number of hydrogen-bond donors (Lipinski definition) is 0. The Labute approximate surface area is 164 Å². The quantitative estimate of drug-likeness (QED) is 0.735. The first-order valence-corrected chi connectivity index (χ1v) is 10.2. The average molecular weight is 387 g/mol. The number of thiophene rings is 1. The van der Waals surface area contributed by atoms with Gasteiger partial charge in [-0.3, -0.25) is 9.59 Å². The highest BCUT2D eigenvalue weighted by Gasteiger charge is 2.23. The number of methoxy groups -OCH3 is 1. The van der Waals surface area contributed by atoms with Crippen LogP contribution in [-0.4, -0.2) is 54.9 Å². The minimum Gasteiger partial charge on any atom is -0.496 e. The molecule has 0 unspecified atom stereocenters. The lowest BCUT2D eigenvalue weighted by Crippen LogP contribution is -2.50. The van der Waals surface area contributed by atoms with Crippen molar-refractivity contribution >= 4 is 23.2 Å². The Bertz CT molecular complexity index is 753. The van der Waals surface area contributed by atoms with E-state index in [1.54, 1.807) is 18.4 Å². The molecule has 144 valence electrons. The number of carbonyl (C=O) groups excluding carboxylic acids is 2. The lowest BCUT2D eigenvalue weighted by Gasteiger charge is -2.35. The van der Waals surface area contributed by atoms with Gasteiger partial charge in [0.1, 0.15) is 5.75 Å². The van der Waals surface area contributed by atoms with Crippen LogP contribution in [0.1, 0.15) is 23.3 Å². The third-order valence-electron chi connectivity index (χ3n) is 4.95. The van der Waals surface area contributed by atoms with E-state index in [1.807, 2.05) is 45.5 Å². The summed E-state index contributed by atoms with van der Waals surface area (Å²) < 4.78 is 5.34. The Morgan fingerprint density at radius 3 is 2.15 bits per heavy atom. The molecule has 1 aromatic heterocycles. The fourth-order valence-corrected chi connectivity index (χ4v) is 4.07. The summed E-state index contributed by atoms with van der Waals surface area (Å²) in [7, 11) is 1.65. The van der Waals surface area contributed by atoms with E-state index in [1.165, 1.54) is 4.88 Å². The summed E-state index contributed by atoms with van der Waals surface area (Å²) in [6.45, 7) is 2.50. The van der Waals surface area contributed by atoms with E-state index >= 15 is 0 Å². The van der Waals surface area contributed by atoms with E-state index in [4.69, 9.17) is 4.74 Å². The van der Waals surface area contributed by atoms with Crippen LogP contribution in [0.5, 0.6) is 5.75 Å². The molecular formula is C21H26N2O3S. The van der Waals surface area contributed by atoms with Gasteiger partial charge >= 0.3 is 0 Å². The molecule has 0 spiro atoms. The second kappa shape index (κ2) is 9.55. The fraction of sp³-hybridized carbons (Fsp3) is 0.429. The minimum absolute atomic E-state index is 0.145. The molecule has 3 rings (SSSR count). The van der Waals surface area contributed by atoms with E-state index in [0.717, 1.165) is 17.7 Å². The molecule has 2 amide bonds. The molecule has 1 aliphatic rings. The summed E-state index contributed by atoms with van der Waals surface area (Å²) in [6.07, 6.45) is 2.48. The van der Waals surface area contributed by atoms with Crippen LogP contribution in [0.3, 0.4) is 0 Å². The Kier molecular flexibility index (Phi) is 6.87. The third-order valence-corrected chi connectivity index (χ3v) is 5.89. The van der Waals surface area contributed by atoms with Crippen LogP contribution in [0.25, 0.3) is 0 Å². The lowest BCUT2D eigenvalue weighted by atomic mass is 10.1. The van der Waals surface area contributed by atoms with E-state index in [-0.39, 0.29) is 11.8 Å². The van der Waals surface area contributed by atoms with Crippen LogP contribution in [0.15, 0.2) is 41.8 Å². The van der Waals surface area contributed by atoms with Crippen LogP contribution in [0, 0.1) is 0 Å². The van der Waals surface area contributed by atoms with Gasteiger partial charge in [-0.15, -0.1) is 11.3 Å². The number of rotatable bonds is 7. The summed E-state index contributed by atoms with van der Waals surface area (Å²) in [5.41, 5.74) is 1.05. The van der Waals surface area contributed by atoms with Crippen LogP contribution in [0.4, 0.5) is 0 Å². The van der Waals surface area contributed by atoms with Crippen LogP contribution in [0.2, 0.25) is 0 Å². The highest BCUT2D eigenvalue weighted by atomic mass is 32.1. The fourth-order valence-electron chi connectivity index (χ4n) is 3.36. The zero-order valence-electron chi connectivity index (χ0n) is 15.7. The van der Waals surface area contributed by atoms with Gasteiger partial charge in [0.25, 0.3) is 0 Å². The molecule has 27 heavy (non-hydrogen) atoms. The standard InChI is InChI=1S/C21H26N2O3S/c1-26-19-7-3-2-5-17(19)8-10-20(24)22-12-14-23(15-13-22)21(25)11-9-18-6-4-16-27-18/h2-7,16H,8-15H2,1H3. The molecule has 5 nitrogen and oxygen atoms in total. The number of benzene rings is 1. The molecule has 6 heteroatoms. The van der Waals surface area contributed by atoms with Gasteiger partial charge < -0.3 is 14.5 Å². The zero-order valence-corrected chi connectivity index (χ0v) is 16.5. The summed E-state index contributed by atoms with van der Waals surface area (Å²) in [4.78, 5) is 29.9. The maximum atomic E-state index is 12.5. The molecule has 0 aliphatic carbocycles. The number of nitrogens with zero attached hydrogens (tertiary/aromatic N) is 2. The van der Waals surface area contributed by atoms with Gasteiger partial charge in [-0.05, 0) is 35.9 Å². The molecule has 0 N–H and O–H groups in total. The summed E-state index contributed by atoms with van der Waals surface area (Å²) in [6, 6.07) is 11.9. The highest BCUT2D eigenvalue weighted by Crippen LogP contribution is 2.19. The number of carbonyl (C=O) groups is 2. The highest BCUT2D eigenvalue weighted by molar-refractivity contribution is 7.09. The number of hydrogen-bond acceptors (Lipinski definition) is 4. The number of ether oxygens (including phenoxy) is 1. The monoisotopic (exact) mass is 386 g/mol. The second-order valence-electron chi connectivity index (χ2n) is 6.65. The smallest absolute Gasteiger partial charge is 0.223 e. The predicted molar refractivity (Wildman–Crippen MR) is 107 cm³/mol. The molecule has 0 radical (unpaired) electrons. The van der Waals surface area contributed by atoms with Gasteiger partial charge in [0.05, 0.1) is 7.11 Å². The predicted octanol–water partition coefficient (Wildman–Crippen LogP) is 2.99. The van der Waals surface area contributed by atoms with Gasteiger partial charge in [0.15, 0.2) is 0 Å². The van der Waals surface area contributed by atoms with Gasteiger partial charge in [-0.1, -0.05) is 24.3 Å². The molecule has 1 fully saturated rings. The zero-order chi connectivity index (χ0) is 19.1. The SMILES string of the molecule is COc1ccccc1CCC(=O)N1CCN(C(=O)CCc2cccs2)CC1. The van der Waals surface area contributed by atoms with Crippen molar-refractivity contribution in [3.05, 3.63) is 52.2 Å². The topological polar surface area (TPSA) is 49.9 Å². The Morgan fingerprint density at radius 1 is 0.926 bits per heavy atom. The average Bonchev–Trinajstić information content (AvgIpc) is 3.24. The first kappa shape index (κ1) is 19.4. The van der Waals surface area contributed by atoms with Gasteiger partial charge in [0, 0.05) is 43.9 Å². The van der Waals surface area contributed by atoms with Crippen molar-refractivity contribution in [3.8, 4) is 5.75 Å². The van der Waals surface area contributed by atoms with Crippen molar-refractivity contribution < 1.29 is 14.3 Å². The summed E-state index contributed by atoms with van der Waals surface area (Å²) in [5, 5.41) is 2.04. The Hall–Kier alpha value is -2.34. The molecule has 2 heterocycles. The minimum atomic E-state index is 0.145. The molecule has 1 aliphatic heterocycles. The Balaban J connectivity index is 1.41. The molecule has 0 saturated carbocycles. The third kappa shape index (κ3) is 5.32. The van der Waals surface area contributed by atoms with E-state index in [2.05, 4.69) is 6.07 Å². The molecular weight excluding hydrogens is 360 g/mol. The lowest BCUT2D eigenvalue weighted by molar-refractivity contribution is -0.139.